The van der Waals surface area contributed by atoms with Gasteiger partial charge in [-0.3, -0.25) is 9.69 Å². The zero-order valence-corrected chi connectivity index (χ0v) is 15.6. The summed E-state index contributed by atoms with van der Waals surface area (Å²) in [5.74, 6) is 1.49. The lowest BCUT2D eigenvalue weighted by molar-refractivity contribution is -0.125. The lowest BCUT2D eigenvalue weighted by atomic mass is 10.0. The van der Waals surface area contributed by atoms with Crippen molar-refractivity contribution in [3.8, 4) is 11.5 Å². The van der Waals surface area contributed by atoms with Gasteiger partial charge in [0, 0.05) is 13.0 Å². The number of hydrogen-bond donors (Lipinski definition) is 1. The molecule has 1 N–H and O–H groups in total. The predicted octanol–water partition coefficient (Wildman–Crippen LogP) is 3.08. The molecule has 0 aromatic heterocycles. The number of benzene rings is 2. The number of carbonyl (C=O) groups excluding carboxylic acids is 1. The van der Waals surface area contributed by atoms with Crippen molar-refractivity contribution in [2.24, 2.45) is 0 Å². The molecule has 1 aliphatic rings. The maximum absolute atomic E-state index is 12.8. The van der Waals surface area contributed by atoms with Gasteiger partial charge in [0.15, 0.2) is 11.5 Å². The third-order valence-corrected chi connectivity index (χ3v) is 4.44. The SMILES string of the molecule is Cc1ccc(C(C(=O)NCc2ccc3c(c2)OCCCO3)N(C)C)cc1. The minimum Gasteiger partial charge on any atom is -0.490 e. The molecule has 1 atom stereocenters. The van der Waals surface area contributed by atoms with Gasteiger partial charge in [-0.05, 0) is 44.3 Å². The van der Waals surface area contributed by atoms with E-state index in [9.17, 15) is 4.79 Å². The highest BCUT2D eigenvalue weighted by molar-refractivity contribution is 5.83. The Labute approximate surface area is 154 Å². The number of hydrogen-bond acceptors (Lipinski definition) is 4. The van der Waals surface area contributed by atoms with Crippen LogP contribution in [0.4, 0.5) is 0 Å². The monoisotopic (exact) mass is 354 g/mol. The largest absolute Gasteiger partial charge is 0.490 e. The van der Waals surface area contributed by atoms with Gasteiger partial charge in [-0.1, -0.05) is 35.9 Å². The molecule has 0 saturated heterocycles. The average molecular weight is 354 g/mol. The first-order valence-corrected chi connectivity index (χ1v) is 8.94. The van der Waals surface area contributed by atoms with E-state index in [1.165, 1.54) is 5.56 Å². The minimum atomic E-state index is -0.323. The summed E-state index contributed by atoms with van der Waals surface area (Å²) in [5, 5.41) is 3.04. The predicted molar refractivity (Wildman–Crippen MR) is 102 cm³/mol. The summed E-state index contributed by atoms with van der Waals surface area (Å²) in [6.07, 6.45) is 0.877. The van der Waals surface area contributed by atoms with E-state index in [-0.39, 0.29) is 11.9 Å². The third-order valence-electron chi connectivity index (χ3n) is 4.44. The summed E-state index contributed by atoms with van der Waals surface area (Å²) in [7, 11) is 3.83. The highest BCUT2D eigenvalue weighted by atomic mass is 16.5. The van der Waals surface area contributed by atoms with Crippen molar-refractivity contribution in [2.45, 2.75) is 25.9 Å². The molecule has 1 unspecified atom stereocenters. The normalized spacial score (nSPS) is 14.6. The van der Waals surface area contributed by atoms with Crippen LogP contribution < -0.4 is 14.8 Å². The number of nitrogens with one attached hydrogen (secondary N) is 1. The van der Waals surface area contributed by atoms with E-state index in [4.69, 9.17) is 9.47 Å². The van der Waals surface area contributed by atoms with Crippen molar-refractivity contribution in [2.75, 3.05) is 27.3 Å². The number of fused-ring (bicyclic) bond motifs is 1. The number of nitrogens with zero attached hydrogens (tertiary/aromatic N) is 1. The summed E-state index contributed by atoms with van der Waals surface area (Å²) in [4.78, 5) is 14.7. The number of rotatable bonds is 5. The van der Waals surface area contributed by atoms with E-state index in [2.05, 4.69) is 5.32 Å². The zero-order valence-electron chi connectivity index (χ0n) is 15.6. The van der Waals surface area contributed by atoms with Crippen molar-refractivity contribution < 1.29 is 14.3 Å². The van der Waals surface area contributed by atoms with Gasteiger partial charge in [0.25, 0.3) is 0 Å². The summed E-state index contributed by atoms with van der Waals surface area (Å²) < 4.78 is 11.4. The maximum Gasteiger partial charge on any atom is 0.242 e. The molecule has 2 aromatic rings. The number of aryl methyl sites for hydroxylation is 1. The first kappa shape index (κ1) is 18.3. The molecule has 2 aromatic carbocycles. The van der Waals surface area contributed by atoms with Crippen LogP contribution in [-0.4, -0.2) is 38.1 Å². The van der Waals surface area contributed by atoms with E-state index in [0.29, 0.717) is 19.8 Å². The van der Waals surface area contributed by atoms with Crippen LogP contribution in [0.1, 0.15) is 29.2 Å². The fourth-order valence-corrected chi connectivity index (χ4v) is 3.04. The topological polar surface area (TPSA) is 50.8 Å². The summed E-state index contributed by atoms with van der Waals surface area (Å²) >= 11 is 0. The van der Waals surface area contributed by atoms with Gasteiger partial charge < -0.3 is 14.8 Å². The summed E-state index contributed by atoms with van der Waals surface area (Å²) in [6.45, 7) is 3.81. The van der Waals surface area contributed by atoms with Crippen LogP contribution in [0.5, 0.6) is 11.5 Å². The Morgan fingerprint density at radius 3 is 2.46 bits per heavy atom. The second-order valence-electron chi connectivity index (χ2n) is 6.83. The van der Waals surface area contributed by atoms with Crippen LogP contribution in [0.25, 0.3) is 0 Å². The van der Waals surface area contributed by atoms with E-state index in [1.54, 1.807) is 0 Å². The summed E-state index contributed by atoms with van der Waals surface area (Å²) in [5.41, 5.74) is 3.15. The lowest BCUT2D eigenvalue weighted by Crippen LogP contribution is -2.36. The fourth-order valence-electron chi connectivity index (χ4n) is 3.04. The molecule has 138 valence electrons. The summed E-state index contributed by atoms with van der Waals surface area (Å²) in [6, 6.07) is 13.6. The maximum atomic E-state index is 12.8. The molecular formula is C21H26N2O3. The molecule has 0 radical (unpaired) electrons. The van der Waals surface area contributed by atoms with Crippen molar-refractivity contribution in [3.63, 3.8) is 0 Å². The molecule has 3 rings (SSSR count). The van der Waals surface area contributed by atoms with Crippen LogP contribution >= 0.6 is 0 Å². The van der Waals surface area contributed by atoms with Gasteiger partial charge in [0.1, 0.15) is 6.04 Å². The molecule has 5 nitrogen and oxygen atoms in total. The van der Waals surface area contributed by atoms with Gasteiger partial charge in [-0.2, -0.15) is 0 Å². The molecule has 26 heavy (non-hydrogen) atoms. The van der Waals surface area contributed by atoms with E-state index in [1.807, 2.05) is 68.4 Å². The second kappa shape index (κ2) is 8.23. The van der Waals surface area contributed by atoms with E-state index >= 15 is 0 Å². The molecule has 1 aliphatic heterocycles. The van der Waals surface area contributed by atoms with Crippen LogP contribution in [0.15, 0.2) is 42.5 Å². The van der Waals surface area contributed by atoms with Crippen LogP contribution in [0.2, 0.25) is 0 Å². The Balaban J connectivity index is 1.68. The second-order valence-corrected chi connectivity index (χ2v) is 6.83. The van der Waals surface area contributed by atoms with Gasteiger partial charge in [-0.15, -0.1) is 0 Å². The third kappa shape index (κ3) is 4.35. The highest BCUT2D eigenvalue weighted by Gasteiger charge is 2.22. The molecule has 5 heteroatoms. The van der Waals surface area contributed by atoms with Crippen molar-refractivity contribution in [1.82, 2.24) is 10.2 Å². The molecule has 0 fully saturated rings. The molecule has 0 spiro atoms. The van der Waals surface area contributed by atoms with Crippen molar-refractivity contribution >= 4 is 5.91 Å². The zero-order chi connectivity index (χ0) is 18.5. The smallest absolute Gasteiger partial charge is 0.242 e. The Hall–Kier alpha value is -2.53. The van der Waals surface area contributed by atoms with Gasteiger partial charge >= 0.3 is 0 Å². The van der Waals surface area contributed by atoms with E-state index in [0.717, 1.165) is 29.0 Å². The molecular weight excluding hydrogens is 328 g/mol. The Kier molecular flexibility index (Phi) is 5.78. The Morgan fingerprint density at radius 2 is 1.77 bits per heavy atom. The quantitative estimate of drug-likeness (QED) is 0.897. The molecule has 1 heterocycles. The number of likely N-dealkylation sites (N-methyl/N-ethyl adjacent to an activating group) is 1. The van der Waals surface area contributed by atoms with Crippen molar-refractivity contribution in [3.05, 3.63) is 59.2 Å². The molecule has 0 bridgehead atoms. The van der Waals surface area contributed by atoms with E-state index < -0.39 is 0 Å². The first-order chi connectivity index (χ1) is 12.5. The number of amides is 1. The molecule has 0 saturated carbocycles. The highest BCUT2D eigenvalue weighted by Crippen LogP contribution is 2.30. The van der Waals surface area contributed by atoms with Crippen LogP contribution in [0, 0.1) is 6.92 Å². The minimum absolute atomic E-state index is 0.0223. The average Bonchev–Trinajstić information content (AvgIpc) is 2.86. The molecule has 1 amide bonds. The van der Waals surface area contributed by atoms with Gasteiger partial charge in [0.05, 0.1) is 13.2 Å². The van der Waals surface area contributed by atoms with Crippen LogP contribution in [0.3, 0.4) is 0 Å². The standard InChI is InChI=1S/C21H26N2O3/c1-15-5-8-17(9-6-15)20(23(2)3)21(24)22-14-16-7-10-18-19(13-16)26-12-4-11-25-18/h5-10,13,20H,4,11-12,14H2,1-3H3,(H,22,24). The molecule has 0 aliphatic carbocycles. The lowest BCUT2D eigenvalue weighted by Gasteiger charge is -2.24. The van der Waals surface area contributed by atoms with Crippen molar-refractivity contribution in [1.29, 1.82) is 0 Å². The number of carbonyl (C=O) groups is 1. The Bertz CT molecular complexity index is 756. The Morgan fingerprint density at radius 1 is 1.08 bits per heavy atom. The van der Waals surface area contributed by atoms with Gasteiger partial charge in [0.2, 0.25) is 5.91 Å². The fraction of sp³-hybridized carbons (Fsp3) is 0.381. The first-order valence-electron chi connectivity index (χ1n) is 8.94. The number of ether oxygens (including phenoxy) is 2. The van der Waals surface area contributed by atoms with Crippen LogP contribution in [-0.2, 0) is 11.3 Å². The van der Waals surface area contributed by atoms with Gasteiger partial charge in [-0.25, -0.2) is 0 Å².